The van der Waals surface area contributed by atoms with E-state index in [0.717, 1.165) is 11.6 Å². The normalized spacial score (nSPS) is 10.5. The first-order valence-corrected chi connectivity index (χ1v) is 6.16. The predicted octanol–water partition coefficient (Wildman–Crippen LogP) is 3.58. The number of nitrogens with one attached hydrogen (secondary N) is 1. The minimum atomic E-state index is -0.597. The van der Waals surface area contributed by atoms with Crippen molar-refractivity contribution in [2.75, 3.05) is 5.32 Å². The number of hydrogen-bond donors (Lipinski definition) is 1. The van der Waals surface area contributed by atoms with Crippen LogP contribution >= 0.6 is 11.6 Å². The van der Waals surface area contributed by atoms with Crippen molar-refractivity contribution in [2.45, 2.75) is 19.9 Å². The van der Waals surface area contributed by atoms with E-state index in [-0.39, 0.29) is 6.54 Å². The smallest absolute Gasteiger partial charge is 0.137 e. The fourth-order valence-electron chi connectivity index (χ4n) is 1.70. The van der Waals surface area contributed by atoms with Gasteiger partial charge in [-0.3, -0.25) is 0 Å². The van der Waals surface area contributed by atoms with Crippen LogP contribution in [0.3, 0.4) is 0 Å². The summed E-state index contributed by atoms with van der Waals surface area (Å²) in [7, 11) is 0. The highest BCUT2D eigenvalue weighted by Crippen LogP contribution is 2.21. The second kappa shape index (κ2) is 5.93. The SMILES string of the molecule is CCc1c(Cl)ncnc1NCc1ccc(F)cc1F. The van der Waals surface area contributed by atoms with Gasteiger partial charge in [-0.05, 0) is 12.5 Å². The Morgan fingerprint density at radius 2 is 2.05 bits per heavy atom. The first kappa shape index (κ1) is 13.7. The van der Waals surface area contributed by atoms with Crippen LogP contribution < -0.4 is 5.32 Å². The average molecular weight is 284 g/mol. The predicted molar refractivity (Wildman–Crippen MR) is 70.1 cm³/mol. The van der Waals surface area contributed by atoms with Crippen molar-refractivity contribution in [1.82, 2.24) is 9.97 Å². The molecule has 6 heteroatoms. The molecule has 0 fully saturated rings. The maximum atomic E-state index is 13.5. The van der Waals surface area contributed by atoms with Gasteiger partial charge in [0.15, 0.2) is 0 Å². The lowest BCUT2D eigenvalue weighted by molar-refractivity contribution is 0.574. The quantitative estimate of drug-likeness (QED) is 0.872. The molecule has 0 amide bonds. The van der Waals surface area contributed by atoms with Crippen LogP contribution in [0.1, 0.15) is 18.1 Å². The van der Waals surface area contributed by atoms with Gasteiger partial charge in [-0.2, -0.15) is 0 Å². The molecule has 2 rings (SSSR count). The fraction of sp³-hybridized carbons (Fsp3) is 0.231. The summed E-state index contributed by atoms with van der Waals surface area (Å²) in [5, 5.41) is 3.36. The summed E-state index contributed by atoms with van der Waals surface area (Å²) in [4.78, 5) is 7.95. The molecule has 0 atom stereocenters. The second-order valence-corrected chi connectivity index (χ2v) is 4.29. The molecular formula is C13H12ClF2N3. The van der Waals surface area contributed by atoms with Gasteiger partial charge < -0.3 is 5.32 Å². The lowest BCUT2D eigenvalue weighted by atomic mass is 10.2. The fourth-order valence-corrected chi connectivity index (χ4v) is 1.97. The van der Waals surface area contributed by atoms with Gasteiger partial charge in [-0.15, -0.1) is 0 Å². The lowest BCUT2D eigenvalue weighted by Gasteiger charge is -2.11. The number of anilines is 1. The largest absolute Gasteiger partial charge is 0.366 e. The molecule has 2 aromatic rings. The summed E-state index contributed by atoms with van der Waals surface area (Å²) in [6.45, 7) is 2.13. The summed E-state index contributed by atoms with van der Waals surface area (Å²) >= 11 is 5.95. The Morgan fingerprint density at radius 3 is 2.74 bits per heavy atom. The molecular weight excluding hydrogens is 272 g/mol. The van der Waals surface area contributed by atoms with E-state index in [0.29, 0.717) is 23.0 Å². The summed E-state index contributed by atoms with van der Waals surface area (Å²) in [6.07, 6.45) is 2.00. The number of rotatable bonds is 4. The Bertz CT molecular complexity index is 590. The Labute approximate surface area is 114 Å². The molecule has 1 aromatic heterocycles. The van der Waals surface area contributed by atoms with E-state index in [1.165, 1.54) is 18.5 Å². The molecule has 19 heavy (non-hydrogen) atoms. The van der Waals surface area contributed by atoms with Crippen molar-refractivity contribution < 1.29 is 8.78 Å². The van der Waals surface area contributed by atoms with E-state index in [9.17, 15) is 8.78 Å². The van der Waals surface area contributed by atoms with Crippen LogP contribution in [0.4, 0.5) is 14.6 Å². The molecule has 0 spiro atoms. The van der Waals surface area contributed by atoms with Gasteiger partial charge in [-0.25, -0.2) is 18.7 Å². The van der Waals surface area contributed by atoms with E-state index in [4.69, 9.17) is 11.6 Å². The van der Waals surface area contributed by atoms with Crippen LogP contribution in [0.5, 0.6) is 0 Å². The number of halogens is 3. The maximum Gasteiger partial charge on any atom is 0.137 e. The van der Waals surface area contributed by atoms with Crippen molar-refractivity contribution in [2.24, 2.45) is 0 Å². The topological polar surface area (TPSA) is 37.8 Å². The molecule has 0 unspecified atom stereocenters. The minimum Gasteiger partial charge on any atom is -0.366 e. The third-order valence-electron chi connectivity index (χ3n) is 2.71. The molecule has 3 nitrogen and oxygen atoms in total. The molecule has 1 aromatic carbocycles. The first-order valence-electron chi connectivity index (χ1n) is 5.79. The number of nitrogens with zero attached hydrogens (tertiary/aromatic N) is 2. The highest BCUT2D eigenvalue weighted by atomic mass is 35.5. The van der Waals surface area contributed by atoms with Crippen LogP contribution in [-0.4, -0.2) is 9.97 Å². The van der Waals surface area contributed by atoms with Crippen LogP contribution in [0.15, 0.2) is 24.5 Å². The molecule has 0 aliphatic rings. The van der Waals surface area contributed by atoms with Crippen molar-refractivity contribution in [3.63, 3.8) is 0 Å². The van der Waals surface area contributed by atoms with Crippen LogP contribution in [0, 0.1) is 11.6 Å². The Hall–Kier alpha value is -1.75. The van der Waals surface area contributed by atoms with Gasteiger partial charge in [0.1, 0.15) is 28.9 Å². The molecule has 1 N–H and O–H groups in total. The Balaban J connectivity index is 2.17. The van der Waals surface area contributed by atoms with Gasteiger partial charge >= 0.3 is 0 Å². The third kappa shape index (κ3) is 3.17. The van der Waals surface area contributed by atoms with Crippen LogP contribution in [-0.2, 0) is 13.0 Å². The van der Waals surface area contributed by atoms with E-state index in [1.54, 1.807) is 0 Å². The van der Waals surface area contributed by atoms with Gasteiger partial charge in [-0.1, -0.05) is 24.6 Å². The van der Waals surface area contributed by atoms with Crippen molar-refractivity contribution in [1.29, 1.82) is 0 Å². The van der Waals surface area contributed by atoms with Crippen molar-refractivity contribution in [3.05, 3.63) is 52.4 Å². The average Bonchev–Trinajstić information content (AvgIpc) is 2.38. The highest BCUT2D eigenvalue weighted by Gasteiger charge is 2.09. The van der Waals surface area contributed by atoms with E-state index in [2.05, 4.69) is 15.3 Å². The zero-order valence-corrected chi connectivity index (χ0v) is 11.0. The maximum absolute atomic E-state index is 13.5. The van der Waals surface area contributed by atoms with E-state index >= 15 is 0 Å². The molecule has 0 bridgehead atoms. The molecule has 100 valence electrons. The molecule has 0 aliphatic heterocycles. The van der Waals surface area contributed by atoms with Gasteiger partial charge in [0.2, 0.25) is 0 Å². The van der Waals surface area contributed by atoms with Gasteiger partial charge in [0.25, 0.3) is 0 Å². The summed E-state index contributed by atoms with van der Waals surface area (Å²) in [5.74, 6) is -0.627. The Morgan fingerprint density at radius 1 is 1.26 bits per heavy atom. The lowest BCUT2D eigenvalue weighted by Crippen LogP contribution is -2.07. The van der Waals surface area contributed by atoms with Gasteiger partial charge in [0.05, 0.1) is 0 Å². The number of aromatic nitrogens is 2. The minimum absolute atomic E-state index is 0.201. The molecule has 0 saturated carbocycles. The summed E-state index contributed by atoms with van der Waals surface area (Å²) in [5.41, 5.74) is 1.13. The zero-order valence-electron chi connectivity index (χ0n) is 10.3. The molecule has 0 aliphatic carbocycles. The van der Waals surface area contributed by atoms with Gasteiger partial charge in [0, 0.05) is 23.7 Å². The Kier molecular flexibility index (Phi) is 4.27. The highest BCUT2D eigenvalue weighted by molar-refractivity contribution is 6.30. The molecule has 0 radical (unpaired) electrons. The summed E-state index contributed by atoms with van der Waals surface area (Å²) < 4.78 is 26.3. The molecule has 1 heterocycles. The van der Waals surface area contributed by atoms with Crippen molar-refractivity contribution >= 4 is 17.4 Å². The second-order valence-electron chi connectivity index (χ2n) is 3.93. The summed E-state index contributed by atoms with van der Waals surface area (Å²) in [6, 6.07) is 3.46. The number of hydrogen-bond acceptors (Lipinski definition) is 3. The van der Waals surface area contributed by atoms with E-state index < -0.39 is 11.6 Å². The number of benzene rings is 1. The molecule has 0 saturated heterocycles. The monoisotopic (exact) mass is 283 g/mol. The zero-order chi connectivity index (χ0) is 13.8. The van der Waals surface area contributed by atoms with Crippen molar-refractivity contribution in [3.8, 4) is 0 Å². The third-order valence-corrected chi connectivity index (χ3v) is 3.03. The standard InChI is InChI=1S/C13H12ClF2N3/c1-2-10-12(14)18-7-19-13(10)17-6-8-3-4-9(15)5-11(8)16/h3-5,7H,2,6H2,1H3,(H,17,18,19). The van der Waals surface area contributed by atoms with Crippen LogP contribution in [0.25, 0.3) is 0 Å². The van der Waals surface area contributed by atoms with Crippen LogP contribution in [0.2, 0.25) is 5.15 Å². The first-order chi connectivity index (χ1) is 9.11. The van der Waals surface area contributed by atoms with E-state index in [1.807, 2.05) is 6.92 Å².